The largest absolute Gasteiger partial charge is 0.326 e. The molecular weight excluding hydrogens is 424 g/mol. The van der Waals surface area contributed by atoms with Gasteiger partial charge in [0, 0.05) is 17.1 Å². The second kappa shape index (κ2) is 8.60. The predicted molar refractivity (Wildman–Crippen MR) is 113 cm³/mol. The Kier molecular flexibility index (Phi) is 6.41. The van der Waals surface area contributed by atoms with Crippen LogP contribution in [-0.2, 0) is 14.6 Å². The van der Waals surface area contributed by atoms with Crippen LogP contribution in [0.1, 0.15) is 12.8 Å². The van der Waals surface area contributed by atoms with Gasteiger partial charge in [0.25, 0.3) is 0 Å². The summed E-state index contributed by atoms with van der Waals surface area (Å²) in [4.78, 5) is 16.8. The molecule has 0 aliphatic carbocycles. The normalized spacial score (nSPS) is 11.6. The summed E-state index contributed by atoms with van der Waals surface area (Å²) in [7, 11) is -3.42. The van der Waals surface area contributed by atoms with Crippen molar-refractivity contribution in [3.63, 3.8) is 0 Å². The number of thiazole rings is 1. The lowest BCUT2D eigenvalue weighted by atomic mass is 10.2. The average Bonchev–Trinajstić information content (AvgIpc) is 3.04. The molecule has 0 atom stereocenters. The summed E-state index contributed by atoms with van der Waals surface area (Å²) < 4.78 is 26.5. The van der Waals surface area contributed by atoms with Gasteiger partial charge in [-0.05, 0) is 55.1 Å². The highest BCUT2D eigenvalue weighted by molar-refractivity contribution is 8.00. The number of rotatable bonds is 7. The Morgan fingerprint density at radius 1 is 1.22 bits per heavy atom. The van der Waals surface area contributed by atoms with Crippen LogP contribution in [0.5, 0.6) is 0 Å². The van der Waals surface area contributed by atoms with Gasteiger partial charge in [-0.3, -0.25) is 4.79 Å². The number of sulfone groups is 1. The first kappa shape index (κ1) is 20.1. The second-order valence-electron chi connectivity index (χ2n) is 5.79. The Balaban J connectivity index is 1.55. The van der Waals surface area contributed by atoms with E-state index in [0.29, 0.717) is 10.7 Å². The molecule has 1 heterocycles. The fraction of sp³-hybridized carbons (Fsp3) is 0.222. The molecule has 3 aromatic rings. The van der Waals surface area contributed by atoms with E-state index in [-0.39, 0.29) is 29.4 Å². The zero-order chi connectivity index (χ0) is 19.4. The van der Waals surface area contributed by atoms with E-state index in [1.807, 2.05) is 18.4 Å². The monoisotopic (exact) mass is 440 g/mol. The first-order chi connectivity index (χ1) is 12.9. The standard InChI is InChI=1S/C18H17ClN2O3S3/c1-25-18-21-15-9-6-13(11-16(15)26-18)20-17(22)3-2-10-27(23,24)14-7-4-12(19)5-8-14/h4-9,11H,2-3,10H2,1H3,(H,20,22). The third-order valence-electron chi connectivity index (χ3n) is 3.82. The number of hydrogen-bond acceptors (Lipinski definition) is 6. The molecule has 0 fully saturated rings. The number of benzene rings is 2. The first-order valence-corrected chi connectivity index (χ1v) is 12.2. The van der Waals surface area contributed by atoms with Crippen molar-refractivity contribution in [1.29, 1.82) is 0 Å². The highest BCUT2D eigenvalue weighted by Crippen LogP contribution is 2.30. The fourth-order valence-electron chi connectivity index (χ4n) is 2.47. The third-order valence-corrected chi connectivity index (χ3v) is 7.89. The van der Waals surface area contributed by atoms with Gasteiger partial charge in [0.05, 0.1) is 20.9 Å². The molecule has 1 N–H and O–H groups in total. The van der Waals surface area contributed by atoms with E-state index < -0.39 is 9.84 Å². The van der Waals surface area contributed by atoms with Crippen LogP contribution < -0.4 is 5.32 Å². The van der Waals surface area contributed by atoms with E-state index in [1.54, 1.807) is 41.3 Å². The number of carbonyl (C=O) groups excluding carboxylic acids is 1. The molecule has 9 heteroatoms. The summed E-state index contributed by atoms with van der Waals surface area (Å²) in [6.07, 6.45) is 2.35. The van der Waals surface area contributed by atoms with Crippen molar-refractivity contribution in [2.24, 2.45) is 0 Å². The predicted octanol–water partition coefficient (Wildman–Crippen LogP) is 4.86. The number of halogens is 1. The van der Waals surface area contributed by atoms with Crippen molar-refractivity contribution < 1.29 is 13.2 Å². The van der Waals surface area contributed by atoms with Crippen LogP contribution in [0.25, 0.3) is 10.2 Å². The second-order valence-corrected chi connectivity index (χ2v) is 10.4. The number of carbonyl (C=O) groups is 1. The number of nitrogens with one attached hydrogen (secondary N) is 1. The maximum absolute atomic E-state index is 12.3. The van der Waals surface area contributed by atoms with Crippen LogP contribution >= 0.6 is 34.7 Å². The number of aromatic nitrogens is 1. The highest BCUT2D eigenvalue weighted by Gasteiger charge is 2.15. The Morgan fingerprint density at radius 3 is 2.67 bits per heavy atom. The summed E-state index contributed by atoms with van der Waals surface area (Å²) in [5, 5.41) is 3.30. The maximum atomic E-state index is 12.3. The van der Waals surface area contributed by atoms with Gasteiger partial charge in [-0.25, -0.2) is 13.4 Å². The van der Waals surface area contributed by atoms with Crippen molar-refractivity contribution in [3.05, 3.63) is 47.5 Å². The number of anilines is 1. The Bertz CT molecular complexity index is 1060. The number of hydrogen-bond donors (Lipinski definition) is 1. The molecule has 0 saturated carbocycles. The quantitative estimate of drug-likeness (QED) is 0.530. The van der Waals surface area contributed by atoms with Gasteiger partial charge < -0.3 is 5.32 Å². The minimum atomic E-state index is -3.42. The molecule has 0 aliphatic heterocycles. The molecule has 142 valence electrons. The van der Waals surface area contributed by atoms with Crippen molar-refractivity contribution >= 4 is 66.3 Å². The van der Waals surface area contributed by atoms with Crippen LogP contribution in [0.15, 0.2) is 51.7 Å². The molecule has 0 saturated heterocycles. The van der Waals surface area contributed by atoms with Crippen LogP contribution in [0.2, 0.25) is 5.02 Å². The molecule has 5 nitrogen and oxygen atoms in total. The van der Waals surface area contributed by atoms with E-state index in [0.717, 1.165) is 14.6 Å². The van der Waals surface area contributed by atoms with E-state index in [1.165, 1.54) is 12.1 Å². The van der Waals surface area contributed by atoms with Crippen molar-refractivity contribution in [2.75, 3.05) is 17.3 Å². The molecule has 0 aliphatic rings. The minimum absolute atomic E-state index is 0.0903. The van der Waals surface area contributed by atoms with Gasteiger partial charge in [0.15, 0.2) is 14.2 Å². The smallest absolute Gasteiger partial charge is 0.224 e. The van der Waals surface area contributed by atoms with Crippen LogP contribution in [0.4, 0.5) is 5.69 Å². The lowest BCUT2D eigenvalue weighted by molar-refractivity contribution is -0.116. The Labute approximate surface area is 171 Å². The maximum Gasteiger partial charge on any atom is 0.224 e. The Morgan fingerprint density at radius 2 is 1.96 bits per heavy atom. The molecular formula is C18H17ClN2O3S3. The average molecular weight is 441 g/mol. The van der Waals surface area contributed by atoms with Gasteiger partial charge in [-0.1, -0.05) is 23.4 Å². The van der Waals surface area contributed by atoms with Crippen molar-refractivity contribution in [3.8, 4) is 0 Å². The highest BCUT2D eigenvalue weighted by atomic mass is 35.5. The lowest BCUT2D eigenvalue weighted by Crippen LogP contribution is -2.14. The number of nitrogens with zero attached hydrogens (tertiary/aromatic N) is 1. The van der Waals surface area contributed by atoms with Crippen LogP contribution in [-0.4, -0.2) is 31.3 Å². The first-order valence-electron chi connectivity index (χ1n) is 8.10. The molecule has 27 heavy (non-hydrogen) atoms. The van der Waals surface area contributed by atoms with Gasteiger partial charge in [0.2, 0.25) is 5.91 Å². The van der Waals surface area contributed by atoms with Crippen molar-refractivity contribution in [2.45, 2.75) is 22.1 Å². The van der Waals surface area contributed by atoms with E-state index in [4.69, 9.17) is 11.6 Å². The summed E-state index contributed by atoms with van der Waals surface area (Å²) in [6, 6.07) is 11.6. The number of amides is 1. The van der Waals surface area contributed by atoms with Gasteiger partial charge >= 0.3 is 0 Å². The number of thioether (sulfide) groups is 1. The molecule has 0 bridgehead atoms. The fourth-order valence-corrected chi connectivity index (χ4v) is 5.44. The zero-order valence-electron chi connectivity index (χ0n) is 14.4. The molecule has 0 unspecified atom stereocenters. The van der Waals surface area contributed by atoms with E-state index in [9.17, 15) is 13.2 Å². The minimum Gasteiger partial charge on any atom is -0.326 e. The summed E-state index contributed by atoms with van der Waals surface area (Å²) >= 11 is 8.93. The van der Waals surface area contributed by atoms with Crippen LogP contribution in [0, 0.1) is 0 Å². The van der Waals surface area contributed by atoms with E-state index >= 15 is 0 Å². The molecule has 1 aromatic heterocycles. The molecule has 0 spiro atoms. The van der Waals surface area contributed by atoms with Crippen molar-refractivity contribution in [1.82, 2.24) is 4.98 Å². The van der Waals surface area contributed by atoms with Gasteiger partial charge in [-0.2, -0.15) is 0 Å². The van der Waals surface area contributed by atoms with E-state index in [2.05, 4.69) is 10.3 Å². The lowest BCUT2D eigenvalue weighted by Gasteiger charge is -2.06. The molecule has 1 amide bonds. The zero-order valence-corrected chi connectivity index (χ0v) is 17.6. The van der Waals surface area contributed by atoms with Gasteiger partial charge in [-0.15, -0.1) is 11.3 Å². The molecule has 3 rings (SSSR count). The Hall–Kier alpha value is -1.61. The SMILES string of the molecule is CSc1nc2ccc(NC(=O)CCCS(=O)(=O)c3ccc(Cl)cc3)cc2s1. The van der Waals surface area contributed by atoms with Crippen LogP contribution in [0.3, 0.4) is 0 Å². The topological polar surface area (TPSA) is 76.1 Å². The van der Waals surface area contributed by atoms with Gasteiger partial charge in [0.1, 0.15) is 0 Å². The summed E-state index contributed by atoms with van der Waals surface area (Å²) in [6.45, 7) is 0. The third kappa shape index (κ3) is 5.22. The summed E-state index contributed by atoms with van der Waals surface area (Å²) in [5.41, 5.74) is 1.58. The number of fused-ring (bicyclic) bond motifs is 1. The molecule has 0 radical (unpaired) electrons. The molecule has 2 aromatic carbocycles. The summed E-state index contributed by atoms with van der Waals surface area (Å²) in [5.74, 6) is -0.303.